The molecule has 1 nitrogen and oxygen atoms in total. The van der Waals surface area contributed by atoms with Crippen LogP contribution in [0.2, 0.25) is 0 Å². The van der Waals surface area contributed by atoms with Gasteiger partial charge in [-0.1, -0.05) is 132 Å². The van der Waals surface area contributed by atoms with Crippen molar-refractivity contribution in [1.29, 1.82) is 0 Å². The van der Waals surface area contributed by atoms with Crippen LogP contribution < -0.4 is 4.90 Å². The summed E-state index contributed by atoms with van der Waals surface area (Å²) in [5, 5.41) is 21.3. The first-order valence-electron chi connectivity index (χ1n) is 17.2. The van der Waals surface area contributed by atoms with Gasteiger partial charge in [-0.25, -0.2) is 0 Å². The first-order chi connectivity index (χ1) is 24.2. The average molecular weight is 622 g/mol. The maximum absolute atomic E-state index is 2.42. The van der Waals surface area contributed by atoms with E-state index >= 15 is 0 Å². The fourth-order valence-electron chi connectivity index (χ4n) is 8.95. The molecule has 11 rings (SSSR count). The fourth-order valence-corrected chi connectivity index (χ4v) is 8.95. The van der Waals surface area contributed by atoms with Crippen LogP contribution in [0.1, 0.15) is 11.1 Å². The van der Waals surface area contributed by atoms with Gasteiger partial charge in [0.25, 0.3) is 0 Å². The summed E-state index contributed by atoms with van der Waals surface area (Å²) in [5.74, 6) is 0. The summed E-state index contributed by atoms with van der Waals surface area (Å²) in [7, 11) is 0. The Bertz CT molecular complexity index is 3050. The van der Waals surface area contributed by atoms with Crippen molar-refractivity contribution < 1.29 is 0 Å². The molecule has 49 heavy (non-hydrogen) atoms. The van der Waals surface area contributed by atoms with Gasteiger partial charge in [-0.05, 0) is 125 Å². The lowest BCUT2D eigenvalue weighted by atomic mass is 9.81. The van der Waals surface area contributed by atoms with Crippen LogP contribution in [0.15, 0.2) is 152 Å². The summed E-state index contributed by atoms with van der Waals surface area (Å²) in [5.41, 5.74) is 6.01. The van der Waals surface area contributed by atoms with Gasteiger partial charge in [0.2, 0.25) is 0 Å². The van der Waals surface area contributed by atoms with Gasteiger partial charge in [-0.15, -0.1) is 0 Å². The topological polar surface area (TPSA) is 3.24 Å². The van der Waals surface area contributed by atoms with Gasteiger partial charge in [0.15, 0.2) is 0 Å². The maximum Gasteiger partial charge on any atom is 0.0540 e. The predicted molar refractivity (Wildman–Crippen MR) is 213 cm³/mol. The van der Waals surface area contributed by atoms with Crippen molar-refractivity contribution in [1.82, 2.24) is 0 Å². The van der Waals surface area contributed by atoms with Gasteiger partial charge in [0.1, 0.15) is 0 Å². The molecule has 0 saturated carbocycles. The molecule has 0 aliphatic carbocycles. The normalized spacial score (nSPS) is 12.3. The van der Waals surface area contributed by atoms with Crippen LogP contribution in [0.25, 0.3) is 86.2 Å². The Morgan fingerprint density at radius 1 is 0.286 bits per heavy atom. The third kappa shape index (κ3) is 3.54. The molecule has 0 fully saturated rings. The monoisotopic (exact) mass is 621 g/mol. The minimum atomic E-state index is 1.16. The van der Waals surface area contributed by atoms with Crippen LogP contribution in [0.5, 0.6) is 0 Å². The summed E-state index contributed by atoms with van der Waals surface area (Å²) >= 11 is 0. The molecule has 0 atom stereocenters. The van der Waals surface area contributed by atoms with Gasteiger partial charge in [0, 0.05) is 16.8 Å². The number of nitrogens with zero attached hydrogens (tertiary/aromatic N) is 1. The van der Waals surface area contributed by atoms with E-state index in [9.17, 15) is 0 Å². The molecule has 0 heterocycles. The number of hydrogen-bond acceptors (Lipinski definition) is 1. The van der Waals surface area contributed by atoms with Gasteiger partial charge >= 0.3 is 0 Å². The SMILES string of the molecule is Cc1ccc(N(c2ccc(C)cc2)c2ccc3c4c2cccc4c2cccc4c2c3c2cccc3c5cccc6cccc(c65)c4c32)cc1. The molecular formula is C48H31N. The molecule has 0 aliphatic heterocycles. The molecule has 0 radical (unpaired) electrons. The Balaban J connectivity index is 1.34. The molecule has 11 aromatic rings. The third-order valence-electron chi connectivity index (χ3n) is 11.0. The minimum Gasteiger partial charge on any atom is -0.310 e. The van der Waals surface area contributed by atoms with Crippen molar-refractivity contribution >= 4 is 103 Å². The number of anilines is 3. The van der Waals surface area contributed by atoms with Crippen molar-refractivity contribution in [2.24, 2.45) is 0 Å². The Kier molecular flexibility index (Phi) is 5.31. The average Bonchev–Trinajstić information content (AvgIpc) is 3.14. The minimum absolute atomic E-state index is 1.16. The third-order valence-corrected chi connectivity index (χ3v) is 11.0. The Morgan fingerprint density at radius 2 is 0.653 bits per heavy atom. The van der Waals surface area contributed by atoms with Crippen LogP contribution in [-0.4, -0.2) is 0 Å². The second-order valence-corrected chi connectivity index (χ2v) is 13.8. The van der Waals surface area contributed by atoms with Gasteiger partial charge in [0.05, 0.1) is 5.69 Å². The van der Waals surface area contributed by atoms with E-state index in [2.05, 4.69) is 170 Å². The highest BCUT2D eigenvalue weighted by atomic mass is 15.1. The van der Waals surface area contributed by atoms with E-state index in [1.54, 1.807) is 0 Å². The molecule has 0 aliphatic rings. The highest BCUT2D eigenvalue weighted by molar-refractivity contribution is 6.47. The molecule has 0 bridgehead atoms. The molecule has 0 amide bonds. The van der Waals surface area contributed by atoms with E-state index in [4.69, 9.17) is 0 Å². The second-order valence-electron chi connectivity index (χ2n) is 13.8. The first-order valence-corrected chi connectivity index (χ1v) is 17.2. The quantitative estimate of drug-likeness (QED) is 0.140. The van der Waals surface area contributed by atoms with E-state index in [-0.39, 0.29) is 0 Å². The van der Waals surface area contributed by atoms with Gasteiger partial charge in [-0.3, -0.25) is 0 Å². The van der Waals surface area contributed by atoms with Crippen molar-refractivity contribution in [2.45, 2.75) is 13.8 Å². The van der Waals surface area contributed by atoms with Gasteiger partial charge in [-0.2, -0.15) is 0 Å². The number of rotatable bonds is 3. The smallest absolute Gasteiger partial charge is 0.0540 e. The van der Waals surface area contributed by atoms with Crippen molar-refractivity contribution in [3.05, 3.63) is 163 Å². The van der Waals surface area contributed by atoms with Crippen LogP contribution in [0.3, 0.4) is 0 Å². The zero-order valence-electron chi connectivity index (χ0n) is 27.4. The maximum atomic E-state index is 2.42. The predicted octanol–water partition coefficient (Wildman–Crippen LogP) is 13.9. The lowest BCUT2D eigenvalue weighted by Gasteiger charge is -2.28. The van der Waals surface area contributed by atoms with Crippen LogP contribution in [0, 0.1) is 13.8 Å². The summed E-state index contributed by atoms with van der Waals surface area (Å²) in [6.45, 7) is 4.30. The molecule has 0 spiro atoms. The first kappa shape index (κ1) is 26.8. The molecule has 0 unspecified atom stereocenters. The van der Waals surface area contributed by atoms with E-state index < -0.39 is 0 Å². The van der Waals surface area contributed by atoms with Crippen molar-refractivity contribution in [2.75, 3.05) is 4.90 Å². The van der Waals surface area contributed by atoms with E-state index in [1.165, 1.54) is 103 Å². The summed E-state index contributed by atoms with van der Waals surface area (Å²) in [4.78, 5) is 2.42. The molecule has 11 aromatic carbocycles. The number of benzene rings is 11. The summed E-state index contributed by atoms with van der Waals surface area (Å²) in [6.07, 6.45) is 0. The van der Waals surface area contributed by atoms with Crippen molar-refractivity contribution in [3.63, 3.8) is 0 Å². The lowest BCUT2D eigenvalue weighted by Crippen LogP contribution is -2.10. The highest BCUT2D eigenvalue weighted by Crippen LogP contribution is 2.51. The van der Waals surface area contributed by atoms with E-state index in [0.29, 0.717) is 0 Å². The molecule has 1 heteroatoms. The molecule has 228 valence electrons. The molecule has 0 N–H and O–H groups in total. The Morgan fingerprint density at radius 3 is 1.18 bits per heavy atom. The summed E-state index contributed by atoms with van der Waals surface area (Å²) < 4.78 is 0. The van der Waals surface area contributed by atoms with E-state index in [0.717, 1.165) is 11.4 Å². The van der Waals surface area contributed by atoms with Crippen molar-refractivity contribution in [3.8, 4) is 0 Å². The highest BCUT2D eigenvalue weighted by Gasteiger charge is 2.23. The number of hydrogen-bond donors (Lipinski definition) is 0. The lowest BCUT2D eigenvalue weighted by molar-refractivity contribution is 1.28. The number of fused-ring (bicyclic) bond motifs is 6. The standard InChI is InChI=1S/C48H31N/c1-28-18-22-31(23-19-28)49(32-24-20-29(2)21-25-32)42-27-26-41-44-34(11-5-14-37(42)44)36-13-7-16-39-46(36)48(41)40-17-6-12-35-33-10-3-8-30-9-4-15-38(43(30)33)47(39)45(35)40/h3-27H,1-2H3. The zero-order valence-corrected chi connectivity index (χ0v) is 27.4. The molecule has 0 aromatic heterocycles. The van der Waals surface area contributed by atoms with Gasteiger partial charge < -0.3 is 4.90 Å². The zero-order chi connectivity index (χ0) is 32.4. The van der Waals surface area contributed by atoms with Crippen LogP contribution >= 0.6 is 0 Å². The molecular weight excluding hydrogens is 591 g/mol. The Hall–Kier alpha value is -6.18. The Labute approximate surface area is 283 Å². The second kappa shape index (κ2) is 9.69. The summed E-state index contributed by atoms with van der Waals surface area (Å²) in [6, 6.07) is 57.0. The fraction of sp³-hybridized carbons (Fsp3) is 0.0417. The number of aryl methyl sites for hydroxylation is 2. The van der Waals surface area contributed by atoms with Crippen LogP contribution in [0.4, 0.5) is 17.1 Å². The van der Waals surface area contributed by atoms with Crippen LogP contribution in [-0.2, 0) is 0 Å². The largest absolute Gasteiger partial charge is 0.310 e. The van der Waals surface area contributed by atoms with E-state index in [1.807, 2.05) is 0 Å². The molecule has 0 saturated heterocycles.